The maximum absolute atomic E-state index is 12.4. The summed E-state index contributed by atoms with van der Waals surface area (Å²) in [5.74, 6) is 0.560. The Morgan fingerprint density at radius 1 is 1.15 bits per heavy atom. The summed E-state index contributed by atoms with van der Waals surface area (Å²) in [5.41, 5.74) is -0.237. The van der Waals surface area contributed by atoms with Crippen LogP contribution in [-0.2, 0) is 19.4 Å². The van der Waals surface area contributed by atoms with E-state index < -0.39 is 9.84 Å². The summed E-state index contributed by atoms with van der Waals surface area (Å²) in [5, 5.41) is 2.96. The molecule has 156 valence electrons. The number of hydrogen-bond donors (Lipinski definition) is 1. The van der Waals surface area contributed by atoms with Gasteiger partial charge in [-0.3, -0.25) is 14.5 Å². The summed E-state index contributed by atoms with van der Waals surface area (Å²) >= 11 is 0. The van der Waals surface area contributed by atoms with Crippen molar-refractivity contribution >= 4 is 21.7 Å². The van der Waals surface area contributed by atoms with Crippen molar-refractivity contribution in [2.24, 2.45) is 0 Å². The largest absolute Gasteiger partial charge is 0.350 e. The second-order valence-corrected chi connectivity index (χ2v) is 11.0. The molecule has 0 aromatic carbocycles. The lowest BCUT2D eigenvalue weighted by Gasteiger charge is -2.35. The van der Waals surface area contributed by atoms with Gasteiger partial charge >= 0.3 is 0 Å². The molecule has 9 heteroatoms. The minimum atomic E-state index is -2.90. The number of carbonyl (C=O) groups is 2. The third-order valence-electron chi connectivity index (χ3n) is 5.12. The Labute approximate surface area is 163 Å². The van der Waals surface area contributed by atoms with E-state index in [-0.39, 0.29) is 34.9 Å². The van der Waals surface area contributed by atoms with Gasteiger partial charge in [-0.15, -0.1) is 0 Å². The Kier molecular flexibility index (Phi) is 7.27. The molecule has 1 N–H and O–H groups in total. The van der Waals surface area contributed by atoms with Crippen molar-refractivity contribution in [3.05, 3.63) is 0 Å². The Balaban J connectivity index is 1.68. The third kappa shape index (κ3) is 7.38. The molecule has 2 rings (SSSR count). The van der Waals surface area contributed by atoms with Crippen LogP contribution < -0.4 is 5.32 Å². The first-order chi connectivity index (χ1) is 12.5. The quantitative estimate of drug-likeness (QED) is 0.648. The highest BCUT2D eigenvalue weighted by Crippen LogP contribution is 2.17. The van der Waals surface area contributed by atoms with E-state index in [0.717, 1.165) is 0 Å². The zero-order chi connectivity index (χ0) is 20.2. The van der Waals surface area contributed by atoms with Crippen LogP contribution >= 0.6 is 0 Å². The molecule has 2 fully saturated rings. The molecule has 27 heavy (non-hydrogen) atoms. The van der Waals surface area contributed by atoms with Crippen LogP contribution in [0.4, 0.5) is 0 Å². The molecular formula is C18H34N4O4S. The van der Waals surface area contributed by atoms with Crippen molar-refractivity contribution in [3.63, 3.8) is 0 Å². The molecule has 0 aromatic heterocycles. The fraction of sp³-hybridized carbons (Fsp3) is 0.889. The highest BCUT2D eigenvalue weighted by Gasteiger charge is 2.31. The SMILES string of the molecule is CN(CCC(=O)N1CCN(CC(=O)NC(C)(C)C)CC1)C1CCS(=O)(=O)C1. The van der Waals surface area contributed by atoms with Crippen molar-refractivity contribution < 1.29 is 18.0 Å². The van der Waals surface area contributed by atoms with Crippen LogP contribution in [0.3, 0.4) is 0 Å². The lowest BCUT2D eigenvalue weighted by Crippen LogP contribution is -2.53. The average Bonchev–Trinajstić information content (AvgIpc) is 2.91. The number of nitrogens with one attached hydrogen (secondary N) is 1. The fourth-order valence-corrected chi connectivity index (χ4v) is 5.36. The molecule has 0 aliphatic carbocycles. The lowest BCUT2D eigenvalue weighted by atomic mass is 10.1. The summed E-state index contributed by atoms with van der Waals surface area (Å²) in [4.78, 5) is 30.4. The minimum absolute atomic E-state index is 0.00965. The summed E-state index contributed by atoms with van der Waals surface area (Å²) < 4.78 is 23.2. The molecule has 0 aromatic rings. The standard InChI is InChI=1S/C18H34N4O4S/c1-18(2,3)19-16(23)13-21-8-10-22(11-9-21)17(24)5-7-20(4)15-6-12-27(25,26)14-15/h15H,5-14H2,1-4H3,(H,19,23). The number of sulfone groups is 1. The number of hydrogen-bond acceptors (Lipinski definition) is 6. The maximum atomic E-state index is 12.4. The van der Waals surface area contributed by atoms with Crippen LogP contribution in [0.1, 0.15) is 33.6 Å². The first-order valence-electron chi connectivity index (χ1n) is 9.67. The van der Waals surface area contributed by atoms with Gasteiger partial charge in [-0.25, -0.2) is 8.42 Å². The van der Waals surface area contributed by atoms with Crippen molar-refractivity contribution in [2.45, 2.75) is 45.2 Å². The molecule has 2 heterocycles. The Morgan fingerprint density at radius 3 is 2.30 bits per heavy atom. The van der Waals surface area contributed by atoms with Gasteiger partial charge in [0.05, 0.1) is 18.1 Å². The van der Waals surface area contributed by atoms with Gasteiger partial charge in [0.25, 0.3) is 0 Å². The zero-order valence-electron chi connectivity index (χ0n) is 17.0. The molecule has 1 unspecified atom stereocenters. The normalized spacial score (nSPS) is 23.6. The fourth-order valence-electron chi connectivity index (χ4n) is 3.55. The lowest BCUT2D eigenvalue weighted by molar-refractivity contribution is -0.133. The van der Waals surface area contributed by atoms with E-state index in [0.29, 0.717) is 52.1 Å². The third-order valence-corrected chi connectivity index (χ3v) is 6.87. The van der Waals surface area contributed by atoms with Gasteiger partial charge < -0.3 is 15.1 Å². The maximum Gasteiger partial charge on any atom is 0.234 e. The average molecular weight is 403 g/mol. The molecule has 0 spiro atoms. The van der Waals surface area contributed by atoms with E-state index >= 15 is 0 Å². The molecule has 8 nitrogen and oxygen atoms in total. The van der Waals surface area contributed by atoms with Crippen molar-refractivity contribution in [3.8, 4) is 0 Å². The van der Waals surface area contributed by atoms with E-state index in [1.165, 1.54) is 0 Å². The Bertz CT molecular complexity index is 636. The molecule has 2 aliphatic heterocycles. The van der Waals surface area contributed by atoms with Crippen molar-refractivity contribution in [2.75, 3.05) is 57.8 Å². The van der Waals surface area contributed by atoms with Gasteiger partial charge in [0.1, 0.15) is 0 Å². The first kappa shape index (κ1) is 22.1. The predicted octanol–water partition coefficient (Wildman–Crippen LogP) is -0.446. The topological polar surface area (TPSA) is 90.0 Å². The molecule has 0 radical (unpaired) electrons. The molecule has 2 aliphatic rings. The van der Waals surface area contributed by atoms with E-state index in [1.54, 1.807) is 0 Å². The number of piperazine rings is 1. The smallest absolute Gasteiger partial charge is 0.234 e. The van der Waals surface area contributed by atoms with Crippen LogP contribution in [0.2, 0.25) is 0 Å². The summed E-state index contributed by atoms with van der Waals surface area (Å²) in [6.07, 6.45) is 1.06. The van der Waals surface area contributed by atoms with E-state index in [2.05, 4.69) is 10.2 Å². The zero-order valence-corrected chi connectivity index (χ0v) is 17.8. The number of amides is 2. The van der Waals surface area contributed by atoms with Crippen LogP contribution in [0.25, 0.3) is 0 Å². The van der Waals surface area contributed by atoms with Crippen LogP contribution in [0.5, 0.6) is 0 Å². The minimum Gasteiger partial charge on any atom is -0.350 e. The monoisotopic (exact) mass is 402 g/mol. The second-order valence-electron chi connectivity index (χ2n) is 8.74. The summed E-state index contributed by atoms with van der Waals surface area (Å²) in [6.45, 7) is 9.45. The highest BCUT2D eigenvalue weighted by molar-refractivity contribution is 7.91. The summed E-state index contributed by atoms with van der Waals surface area (Å²) in [7, 11) is -1.01. The number of nitrogens with zero attached hydrogens (tertiary/aromatic N) is 3. The molecule has 0 saturated carbocycles. The molecule has 0 bridgehead atoms. The number of carbonyl (C=O) groups excluding carboxylic acids is 2. The van der Waals surface area contributed by atoms with Gasteiger partial charge in [0, 0.05) is 50.7 Å². The van der Waals surface area contributed by atoms with Crippen LogP contribution in [-0.4, -0.2) is 104 Å². The van der Waals surface area contributed by atoms with Crippen LogP contribution in [0.15, 0.2) is 0 Å². The predicted molar refractivity (Wildman–Crippen MR) is 105 cm³/mol. The van der Waals surface area contributed by atoms with Gasteiger partial charge in [-0.2, -0.15) is 0 Å². The van der Waals surface area contributed by atoms with E-state index in [1.807, 2.05) is 37.6 Å². The van der Waals surface area contributed by atoms with Gasteiger partial charge in [0.15, 0.2) is 9.84 Å². The summed E-state index contributed by atoms with van der Waals surface area (Å²) in [6, 6.07) is 0.0287. The molecular weight excluding hydrogens is 368 g/mol. The molecule has 2 saturated heterocycles. The van der Waals surface area contributed by atoms with Gasteiger partial charge in [0.2, 0.25) is 11.8 Å². The molecule has 1 atom stereocenters. The Hall–Kier alpha value is -1.19. The first-order valence-corrected chi connectivity index (χ1v) is 11.5. The number of rotatable bonds is 6. The molecule has 2 amide bonds. The van der Waals surface area contributed by atoms with E-state index in [4.69, 9.17) is 0 Å². The van der Waals surface area contributed by atoms with Gasteiger partial charge in [-0.05, 0) is 34.2 Å². The highest BCUT2D eigenvalue weighted by atomic mass is 32.2. The van der Waals surface area contributed by atoms with Gasteiger partial charge in [-0.1, -0.05) is 0 Å². The van der Waals surface area contributed by atoms with Crippen LogP contribution in [0, 0.1) is 0 Å². The van der Waals surface area contributed by atoms with Crippen molar-refractivity contribution in [1.29, 1.82) is 0 Å². The second kappa shape index (κ2) is 8.87. The van der Waals surface area contributed by atoms with E-state index in [9.17, 15) is 18.0 Å². The van der Waals surface area contributed by atoms with Crippen molar-refractivity contribution in [1.82, 2.24) is 20.0 Å². The Morgan fingerprint density at radius 2 is 1.78 bits per heavy atom.